The molecule has 0 heterocycles. The van der Waals surface area contributed by atoms with Gasteiger partial charge in [-0.25, -0.2) is 0 Å². The molecule has 0 atom stereocenters. The van der Waals surface area contributed by atoms with Crippen LogP contribution in [-0.2, 0) is 0 Å². The Morgan fingerprint density at radius 1 is 0.950 bits per heavy atom. The van der Waals surface area contributed by atoms with Crippen molar-refractivity contribution in [1.82, 2.24) is 4.90 Å². The van der Waals surface area contributed by atoms with E-state index >= 15 is 0 Å². The average molecular weight is 268 g/mol. The van der Waals surface area contributed by atoms with Crippen LogP contribution in [0.15, 0.2) is 54.6 Å². The van der Waals surface area contributed by atoms with Crippen molar-refractivity contribution in [3.63, 3.8) is 0 Å². The molecule has 2 rings (SSSR count). The van der Waals surface area contributed by atoms with Crippen LogP contribution in [0.1, 0.15) is 24.2 Å². The number of rotatable bonds is 5. The second-order valence-electron chi connectivity index (χ2n) is 4.51. The molecule has 0 saturated heterocycles. The van der Waals surface area contributed by atoms with E-state index in [4.69, 9.17) is 0 Å². The van der Waals surface area contributed by atoms with Gasteiger partial charge in [0.15, 0.2) is 0 Å². The highest BCUT2D eigenvalue weighted by atomic mass is 16.2. The number of amides is 1. The molecular formula is C17H20N2O. The van der Waals surface area contributed by atoms with Crippen molar-refractivity contribution in [2.45, 2.75) is 13.8 Å². The summed E-state index contributed by atoms with van der Waals surface area (Å²) in [7, 11) is 0. The summed E-state index contributed by atoms with van der Waals surface area (Å²) in [5, 5.41) is 3.31. The fourth-order valence-corrected chi connectivity index (χ4v) is 2.14. The molecule has 0 unspecified atom stereocenters. The van der Waals surface area contributed by atoms with Crippen LogP contribution in [0.25, 0.3) is 0 Å². The van der Waals surface area contributed by atoms with Gasteiger partial charge in [-0.2, -0.15) is 0 Å². The summed E-state index contributed by atoms with van der Waals surface area (Å²) in [6, 6.07) is 17.5. The summed E-state index contributed by atoms with van der Waals surface area (Å²) in [5.74, 6) is 0.0639. The molecule has 2 aromatic rings. The van der Waals surface area contributed by atoms with Crippen molar-refractivity contribution in [3.05, 3.63) is 60.2 Å². The van der Waals surface area contributed by atoms with Crippen LogP contribution in [0, 0.1) is 0 Å². The van der Waals surface area contributed by atoms with Crippen molar-refractivity contribution in [2.24, 2.45) is 0 Å². The lowest BCUT2D eigenvalue weighted by molar-refractivity contribution is 0.0774. The third kappa shape index (κ3) is 3.18. The third-order valence-electron chi connectivity index (χ3n) is 3.26. The van der Waals surface area contributed by atoms with E-state index < -0.39 is 0 Å². The lowest BCUT2D eigenvalue weighted by Gasteiger charge is -2.20. The topological polar surface area (TPSA) is 32.3 Å². The highest BCUT2D eigenvalue weighted by molar-refractivity contribution is 6.00. The Morgan fingerprint density at radius 3 is 2.20 bits per heavy atom. The van der Waals surface area contributed by atoms with Crippen molar-refractivity contribution in [1.29, 1.82) is 0 Å². The molecule has 3 nitrogen and oxygen atoms in total. The Bertz CT molecular complexity index is 562. The second kappa shape index (κ2) is 6.75. The van der Waals surface area contributed by atoms with Crippen LogP contribution in [0.5, 0.6) is 0 Å². The molecule has 0 saturated carbocycles. The van der Waals surface area contributed by atoms with Gasteiger partial charge in [0.1, 0.15) is 0 Å². The first-order valence-corrected chi connectivity index (χ1v) is 6.96. The first kappa shape index (κ1) is 14.1. The van der Waals surface area contributed by atoms with E-state index in [2.05, 4.69) is 5.32 Å². The van der Waals surface area contributed by atoms with Crippen LogP contribution >= 0.6 is 0 Å². The van der Waals surface area contributed by atoms with Gasteiger partial charge in [-0.1, -0.05) is 30.3 Å². The number of anilines is 2. The Hall–Kier alpha value is -2.29. The number of hydrogen-bond donors (Lipinski definition) is 1. The van der Waals surface area contributed by atoms with Crippen LogP contribution in [0.3, 0.4) is 0 Å². The van der Waals surface area contributed by atoms with Crippen molar-refractivity contribution < 1.29 is 4.79 Å². The molecule has 0 spiro atoms. The molecule has 104 valence electrons. The van der Waals surface area contributed by atoms with E-state index in [9.17, 15) is 4.79 Å². The lowest BCUT2D eigenvalue weighted by Crippen LogP contribution is -2.30. The molecule has 2 aromatic carbocycles. The number of carbonyl (C=O) groups is 1. The van der Waals surface area contributed by atoms with E-state index in [1.165, 1.54) is 0 Å². The van der Waals surface area contributed by atoms with Gasteiger partial charge in [0.25, 0.3) is 5.91 Å². The number of para-hydroxylation sites is 2. The molecular weight excluding hydrogens is 248 g/mol. The Balaban J connectivity index is 2.29. The zero-order valence-electron chi connectivity index (χ0n) is 12.0. The van der Waals surface area contributed by atoms with E-state index in [1.54, 1.807) is 0 Å². The Morgan fingerprint density at radius 2 is 1.55 bits per heavy atom. The maximum absolute atomic E-state index is 12.5. The summed E-state index contributed by atoms with van der Waals surface area (Å²) >= 11 is 0. The van der Waals surface area contributed by atoms with Gasteiger partial charge in [0.2, 0.25) is 0 Å². The van der Waals surface area contributed by atoms with Crippen LogP contribution in [-0.4, -0.2) is 23.9 Å². The highest BCUT2D eigenvalue weighted by Crippen LogP contribution is 2.22. The molecule has 20 heavy (non-hydrogen) atoms. The summed E-state index contributed by atoms with van der Waals surface area (Å²) in [4.78, 5) is 14.3. The van der Waals surface area contributed by atoms with Crippen LogP contribution in [0.4, 0.5) is 11.4 Å². The zero-order chi connectivity index (χ0) is 14.4. The molecule has 1 N–H and O–H groups in total. The maximum atomic E-state index is 12.5. The standard InChI is InChI=1S/C17H20N2O/c1-3-19(4-2)17(20)15-12-8-9-13-16(15)18-14-10-6-5-7-11-14/h5-13,18H,3-4H2,1-2H3. The normalized spacial score (nSPS) is 10.1. The molecule has 0 aromatic heterocycles. The molecule has 0 radical (unpaired) electrons. The molecule has 0 aliphatic rings. The molecule has 0 aliphatic heterocycles. The fourth-order valence-electron chi connectivity index (χ4n) is 2.14. The predicted molar refractivity (Wildman–Crippen MR) is 83.4 cm³/mol. The van der Waals surface area contributed by atoms with Gasteiger partial charge >= 0.3 is 0 Å². The smallest absolute Gasteiger partial charge is 0.255 e. The Labute approximate surface area is 120 Å². The largest absolute Gasteiger partial charge is 0.355 e. The number of benzene rings is 2. The molecule has 1 amide bonds. The van der Waals surface area contributed by atoms with Gasteiger partial charge in [-0.3, -0.25) is 4.79 Å². The van der Waals surface area contributed by atoms with Gasteiger partial charge in [0, 0.05) is 18.8 Å². The number of hydrogen-bond acceptors (Lipinski definition) is 2. The highest BCUT2D eigenvalue weighted by Gasteiger charge is 2.15. The molecule has 0 fully saturated rings. The number of carbonyl (C=O) groups excluding carboxylic acids is 1. The van der Waals surface area contributed by atoms with Crippen LogP contribution in [0.2, 0.25) is 0 Å². The molecule has 0 aliphatic carbocycles. The monoisotopic (exact) mass is 268 g/mol. The minimum absolute atomic E-state index is 0.0639. The van der Waals surface area contributed by atoms with Crippen molar-refractivity contribution in [3.8, 4) is 0 Å². The third-order valence-corrected chi connectivity index (χ3v) is 3.26. The molecule has 0 bridgehead atoms. The van der Waals surface area contributed by atoms with E-state index in [0.29, 0.717) is 5.56 Å². The SMILES string of the molecule is CCN(CC)C(=O)c1ccccc1Nc1ccccc1. The van der Waals surface area contributed by atoms with Crippen LogP contribution < -0.4 is 5.32 Å². The zero-order valence-corrected chi connectivity index (χ0v) is 12.0. The number of nitrogens with one attached hydrogen (secondary N) is 1. The maximum Gasteiger partial charge on any atom is 0.255 e. The van der Waals surface area contributed by atoms with E-state index in [0.717, 1.165) is 24.5 Å². The molecule has 3 heteroatoms. The van der Waals surface area contributed by atoms with Gasteiger partial charge in [0.05, 0.1) is 11.3 Å². The first-order chi connectivity index (χ1) is 9.76. The van der Waals surface area contributed by atoms with Gasteiger partial charge in [-0.05, 0) is 38.1 Å². The van der Waals surface area contributed by atoms with Crippen molar-refractivity contribution >= 4 is 17.3 Å². The minimum Gasteiger partial charge on any atom is -0.355 e. The van der Waals surface area contributed by atoms with Gasteiger partial charge < -0.3 is 10.2 Å². The average Bonchev–Trinajstić information content (AvgIpc) is 2.50. The fraction of sp³-hybridized carbons (Fsp3) is 0.235. The quantitative estimate of drug-likeness (QED) is 0.891. The lowest BCUT2D eigenvalue weighted by atomic mass is 10.1. The first-order valence-electron chi connectivity index (χ1n) is 6.96. The predicted octanol–water partition coefficient (Wildman–Crippen LogP) is 3.91. The van der Waals surface area contributed by atoms with Gasteiger partial charge in [-0.15, -0.1) is 0 Å². The Kier molecular flexibility index (Phi) is 4.77. The summed E-state index contributed by atoms with van der Waals surface area (Å²) < 4.78 is 0. The number of nitrogens with zero attached hydrogens (tertiary/aromatic N) is 1. The summed E-state index contributed by atoms with van der Waals surface area (Å²) in [6.45, 7) is 5.42. The van der Waals surface area contributed by atoms with E-state index in [1.807, 2.05) is 73.3 Å². The van der Waals surface area contributed by atoms with Crippen molar-refractivity contribution in [2.75, 3.05) is 18.4 Å². The summed E-state index contributed by atoms with van der Waals surface area (Å²) in [5.41, 5.74) is 2.53. The van der Waals surface area contributed by atoms with E-state index in [-0.39, 0.29) is 5.91 Å². The minimum atomic E-state index is 0.0639. The summed E-state index contributed by atoms with van der Waals surface area (Å²) in [6.07, 6.45) is 0. The second-order valence-corrected chi connectivity index (χ2v) is 4.51.